The zero-order chi connectivity index (χ0) is 25.6. The van der Waals surface area contributed by atoms with Crippen molar-refractivity contribution in [3.05, 3.63) is 83.9 Å². The fourth-order valence-electron chi connectivity index (χ4n) is 3.41. The van der Waals surface area contributed by atoms with Crippen LogP contribution in [0, 0.1) is 12.8 Å². The average Bonchev–Trinajstić information content (AvgIpc) is 2.84. The molecule has 0 aromatic heterocycles. The molecule has 0 aliphatic carbocycles. The summed E-state index contributed by atoms with van der Waals surface area (Å²) < 4.78 is 33.7. The van der Waals surface area contributed by atoms with Crippen molar-refractivity contribution in [3.8, 4) is 5.75 Å². The minimum absolute atomic E-state index is 0.0283. The molecule has 0 aliphatic rings. The number of hydrogen-bond donors (Lipinski definition) is 3. The molecule has 184 valence electrons. The molecule has 0 heterocycles. The van der Waals surface area contributed by atoms with Gasteiger partial charge < -0.3 is 15.4 Å². The molecular formula is C26H29N3O5S. The molecule has 0 saturated carbocycles. The molecule has 0 fully saturated rings. The molecule has 0 bridgehead atoms. The second-order valence-corrected chi connectivity index (χ2v) is 10.0. The van der Waals surface area contributed by atoms with Gasteiger partial charge in [-0.3, -0.25) is 14.3 Å². The van der Waals surface area contributed by atoms with E-state index in [1.54, 1.807) is 73.7 Å². The van der Waals surface area contributed by atoms with E-state index in [2.05, 4.69) is 15.4 Å². The normalized spacial score (nSPS) is 12.0. The lowest BCUT2D eigenvalue weighted by Gasteiger charge is -2.22. The lowest BCUT2D eigenvalue weighted by atomic mass is 10.0. The van der Waals surface area contributed by atoms with Crippen molar-refractivity contribution in [2.45, 2.75) is 31.7 Å². The van der Waals surface area contributed by atoms with Crippen molar-refractivity contribution >= 4 is 33.2 Å². The van der Waals surface area contributed by atoms with E-state index in [9.17, 15) is 18.0 Å². The molecular weight excluding hydrogens is 466 g/mol. The van der Waals surface area contributed by atoms with E-state index in [4.69, 9.17) is 4.74 Å². The Morgan fingerprint density at radius 2 is 1.51 bits per heavy atom. The molecule has 0 unspecified atom stereocenters. The fraction of sp³-hybridized carbons (Fsp3) is 0.231. The standard InChI is InChI=1S/C26H29N3O5S/c1-17(2)24(28-25(30)19-8-6-5-7-9-19)26(31)27-21-11-10-18(3)23(16-21)35(32,33)29-20-12-14-22(34-4)15-13-20/h5-17,24,29H,1-4H3,(H,27,31)(H,28,30)/t24-/m0/s1. The summed E-state index contributed by atoms with van der Waals surface area (Å²) >= 11 is 0. The van der Waals surface area contributed by atoms with Crippen LogP contribution >= 0.6 is 0 Å². The third-order valence-electron chi connectivity index (χ3n) is 5.36. The van der Waals surface area contributed by atoms with Gasteiger partial charge in [-0.1, -0.05) is 38.1 Å². The minimum Gasteiger partial charge on any atom is -0.497 e. The molecule has 0 saturated heterocycles. The van der Waals surface area contributed by atoms with Gasteiger partial charge >= 0.3 is 0 Å². The summed E-state index contributed by atoms with van der Waals surface area (Å²) in [7, 11) is -2.40. The van der Waals surface area contributed by atoms with Gasteiger partial charge in [0.25, 0.3) is 15.9 Å². The Labute approximate surface area is 205 Å². The number of aryl methyl sites for hydroxylation is 1. The van der Waals surface area contributed by atoms with Gasteiger partial charge in [0.05, 0.1) is 12.0 Å². The molecule has 3 rings (SSSR count). The number of carbonyl (C=O) groups excluding carboxylic acids is 2. The SMILES string of the molecule is COc1ccc(NS(=O)(=O)c2cc(NC(=O)[C@@H](NC(=O)c3ccccc3)C(C)C)ccc2C)cc1. The molecule has 35 heavy (non-hydrogen) atoms. The Hall–Kier alpha value is -3.85. The molecule has 3 aromatic rings. The van der Waals surface area contributed by atoms with Crippen molar-refractivity contribution < 1.29 is 22.7 Å². The minimum atomic E-state index is -3.93. The molecule has 0 spiro atoms. The van der Waals surface area contributed by atoms with Crippen molar-refractivity contribution in [2.24, 2.45) is 5.92 Å². The first-order valence-corrected chi connectivity index (χ1v) is 12.5. The highest BCUT2D eigenvalue weighted by Crippen LogP contribution is 2.24. The van der Waals surface area contributed by atoms with E-state index in [-0.39, 0.29) is 16.7 Å². The topological polar surface area (TPSA) is 114 Å². The number of amides is 2. The van der Waals surface area contributed by atoms with Crippen LogP contribution in [0.15, 0.2) is 77.7 Å². The Morgan fingerprint density at radius 3 is 2.11 bits per heavy atom. The summed E-state index contributed by atoms with van der Waals surface area (Å²) in [5.74, 6) is -0.407. The number of ether oxygens (including phenoxy) is 1. The van der Waals surface area contributed by atoms with E-state index >= 15 is 0 Å². The second-order valence-electron chi connectivity index (χ2n) is 8.36. The maximum atomic E-state index is 13.0. The summed E-state index contributed by atoms with van der Waals surface area (Å²) in [5, 5.41) is 5.50. The summed E-state index contributed by atoms with van der Waals surface area (Å²) in [5.41, 5.74) is 1.64. The van der Waals surface area contributed by atoms with Gasteiger partial charge in [-0.15, -0.1) is 0 Å². The summed E-state index contributed by atoms with van der Waals surface area (Å²) in [6, 6.07) is 18.9. The Kier molecular flexibility index (Phi) is 8.14. The van der Waals surface area contributed by atoms with Crippen molar-refractivity contribution in [1.82, 2.24) is 5.32 Å². The highest BCUT2D eigenvalue weighted by molar-refractivity contribution is 7.92. The molecule has 1 atom stereocenters. The predicted molar refractivity (Wildman–Crippen MR) is 136 cm³/mol. The van der Waals surface area contributed by atoms with Gasteiger partial charge in [0.2, 0.25) is 5.91 Å². The predicted octanol–water partition coefficient (Wildman–Crippen LogP) is 4.20. The van der Waals surface area contributed by atoms with Crippen LogP contribution < -0.4 is 20.1 Å². The smallest absolute Gasteiger partial charge is 0.262 e. The highest BCUT2D eigenvalue weighted by atomic mass is 32.2. The first-order valence-electron chi connectivity index (χ1n) is 11.0. The summed E-state index contributed by atoms with van der Waals surface area (Å²) in [6.45, 7) is 5.31. The van der Waals surface area contributed by atoms with Gasteiger partial charge in [-0.05, 0) is 66.9 Å². The molecule has 3 aromatic carbocycles. The Bertz CT molecular complexity index is 1290. The molecule has 2 amide bonds. The summed E-state index contributed by atoms with van der Waals surface area (Å²) in [4.78, 5) is 25.6. The lowest BCUT2D eigenvalue weighted by molar-refractivity contribution is -0.118. The Morgan fingerprint density at radius 1 is 0.886 bits per heavy atom. The van der Waals surface area contributed by atoms with E-state index in [1.807, 2.05) is 13.8 Å². The van der Waals surface area contributed by atoms with Gasteiger partial charge in [-0.2, -0.15) is 0 Å². The van der Waals surface area contributed by atoms with Gasteiger partial charge in [-0.25, -0.2) is 8.42 Å². The van der Waals surface area contributed by atoms with Crippen LogP contribution in [0.25, 0.3) is 0 Å². The number of hydrogen-bond acceptors (Lipinski definition) is 5. The van der Waals surface area contributed by atoms with Crippen LogP contribution in [-0.2, 0) is 14.8 Å². The van der Waals surface area contributed by atoms with E-state index in [0.29, 0.717) is 28.3 Å². The first kappa shape index (κ1) is 25.8. The quantitative estimate of drug-likeness (QED) is 0.412. The lowest BCUT2D eigenvalue weighted by Crippen LogP contribution is -2.47. The van der Waals surface area contributed by atoms with Crippen LogP contribution in [0.1, 0.15) is 29.8 Å². The zero-order valence-electron chi connectivity index (χ0n) is 20.0. The van der Waals surface area contributed by atoms with Crippen molar-refractivity contribution in [2.75, 3.05) is 17.1 Å². The van der Waals surface area contributed by atoms with E-state index in [1.165, 1.54) is 13.2 Å². The average molecular weight is 496 g/mol. The molecule has 3 N–H and O–H groups in total. The molecule has 0 aliphatic heterocycles. The van der Waals surface area contributed by atoms with Crippen molar-refractivity contribution in [3.63, 3.8) is 0 Å². The zero-order valence-corrected chi connectivity index (χ0v) is 20.8. The van der Waals surface area contributed by atoms with Crippen molar-refractivity contribution in [1.29, 1.82) is 0 Å². The molecule has 8 nitrogen and oxygen atoms in total. The highest BCUT2D eigenvalue weighted by Gasteiger charge is 2.25. The maximum absolute atomic E-state index is 13.0. The van der Waals surface area contributed by atoms with Crippen LogP contribution in [0.5, 0.6) is 5.75 Å². The van der Waals surface area contributed by atoms with E-state index < -0.39 is 22.0 Å². The molecule has 9 heteroatoms. The Balaban J connectivity index is 1.78. The largest absolute Gasteiger partial charge is 0.497 e. The van der Waals surface area contributed by atoms with Crippen LogP contribution in [0.2, 0.25) is 0 Å². The number of carbonyl (C=O) groups is 2. The van der Waals surface area contributed by atoms with Gasteiger partial charge in [0.1, 0.15) is 11.8 Å². The number of anilines is 2. The summed E-state index contributed by atoms with van der Waals surface area (Å²) in [6.07, 6.45) is 0. The van der Waals surface area contributed by atoms with Crippen LogP contribution in [-0.4, -0.2) is 33.4 Å². The van der Waals surface area contributed by atoms with Gasteiger partial charge in [0, 0.05) is 16.9 Å². The molecule has 0 radical (unpaired) electrons. The number of methoxy groups -OCH3 is 1. The monoisotopic (exact) mass is 495 g/mol. The number of sulfonamides is 1. The number of rotatable bonds is 9. The van der Waals surface area contributed by atoms with Crippen LogP contribution in [0.4, 0.5) is 11.4 Å². The van der Waals surface area contributed by atoms with Gasteiger partial charge in [0.15, 0.2) is 0 Å². The number of nitrogens with one attached hydrogen (secondary N) is 3. The second kappa shape index (κ2) is 11.1. The first-order chi connectivity index (χ1) is 16.6. The maximum Gasteiger partial charge on any atom is 0.262 e. The number of benzene rings is 3. The van der Waals surface area contributed by atoms with E-state index in [0.717, 1.165) is 0 Å². The third kappa shape index (κ3) is 6.60. The van der Waals surface area contributed by atoms with Crippen LogP contribution in [0.3, 0.4) is 0 Å². The fourth-order valence-corrected chi connectivity index (χ4v) is 4.74. The third-order valence-corrected chi connectivity index (χ3v) is 6.88.